The third-order valence-corrected chi connectivity index (χ3v) is 4.21. The van der Waals surface area contributed by atoms with Crippen LogP contribution in [0.1, 0.15) is 15.9 Å². The number of amides is 1. The largest absolute Gasteiger partial charge is 0.304 e. The number of anilines is 1. The molecule has 0 aliphatic carbocycles. The molecule has 0 unspecified atom stereocenters. The first-order chi connectivity index (χ1) is 12.6. The van der Waals surface area contributed by atoms with Crippen LogP contribution in [-0.2, 0) is 6.54 Å². The second-order valence-corrected chi connectivity index (χ2v) is 6.04. The number of nitro benzene ring substituents is 1. The van der Waals surface area contributed by atoms with E-state index < -0.39 is 4.92 Å². The lowest BCUT2D eigenvalue weighted by molar-refractivity contribution is -0.384. The Hall–Kier alpha value is -3.18. The molecule has 0 aliphatic rings. The molecule has 0 fully saturated rings. The minimum absolute atomic E-state index is 0.0764. The van der Waals surface area contributed by atoms with Crippen molar-refractivity contribution in [2.24, 2.45) is 0 Å². The van der Waals surface area contributed by atoms with E-state index in [2.05, 4.69) is 0 Å². The standard InChI is InChI=1S/C20H15ClN2O3/c21-19-12-5-4-11-18(19)20(24)22(14-15-7-2-1-3-8-15)16-9-6-10-17(13-16)23(25)26/h1-13H,14H2. The van der Waals surface area contributed by atoms with Crippen LogP contribution in [0.15, 0.2) is 78.9 Å². The lowest BCUT2D eigenvalue weighted by atomic mass is 10.1. The van der Waals surface area contributed by atoms with Crippen molar-refractivity contribution in [3.05, 3.63) is 105 Å². The molecule has 0 saturated heterocycles. The highest BCUT2D eigenvalue weighted by molar-refractivity contribution is 6.34. The van der Waals surface area contributed by atoms with Crippen molar-refractivity contribution in [2.45, 2.75) is 6.54 Å². The fourth-order valence-corrected chi connectivity index (χ4v) is 2.82. The molecule has 0 aliphatic heterocycles. The van der Waals surface area contributed by atoms with Crippen LogP contribution in [0.3, 0.4) is 0 Å². The zero-order valence-electron chi connectivity index (χ0n) is 13.7. The van der Waals surface area contributed by atoms with Gasteiger partial charge >= 0.3 is 0 Å². The molecular weight excluding hydrogens is 352 g/mol. The molecule has 6 heteroatoms. The second-order valence-electron chi connectivity index (χ2n) is 5.63. The number of nitro groups is 1. The van der Waals surface area contributed by atoms with Crippen LogP contribution >= 0.6 is 11.6 Å². The first kappa shape index (κ1) is 17.6. The fourth-order valence-electron chi connectivity index (χ4n) is 2.60. The summed E-state index contributed by atoms with van der Waals surface area (Å²) in [7, 11) is 0. The predicted octanol–water partition coefficient (Wildman–Crippen LogP) is 5.10. The number of rotatable bonds is 5. The van der Waals surface area contributed by atoms with E-state index in [0.717, 1.165) is 5.56 Å². The molecule has 3 aromatic rings. The minimum atomic E-state index is -0.482. The maximum atomic E-state index is 13.1. The van der Waals surface area contributed by atoms with Crippen LogP contribution in [0.25, 0.3) is 0 Å². The molecule has 0 atom stereocenters. The van der Waals surface area contributed by atoms with Gasteiger partial charge in [0.05, 0.1) is 27.7 Å². The Bertz CT molecular complexity index is 945. The average Bonchev–Trinajstić information content (AvgIpc) is 2.67. The highest BCUT2D eigenvalue weighted by atomic mass is 35.5. The van der Waals surface area contributed by atoms with E-state index in [9.17, 15) is 14.9 Å². The van der Waals surface area contributed by atoms with Crippen molar-refractivity contribution in [1.82, 2.24) is 0 Å². The highest BCUT2D eigenvalue weighted by Gasteiger charge is 2.22. The summed E-state index contributed by atoms with van der Waals surface area (Å²) in [5, 5.41) is 11.4. The van der Waals surface area contributed by atoms with Gasteiger partial charge in [0.2, 0.25) is 0 Å². The number of nitrogens with zero attached hydrogens (tertiary/aromatic N) is 2. The molecule has 0 N–H and O–H groups in total. The van der Waals surface area contributed by atoms with Crippen LogP contribution < -0.4 is 4.90 Å². The van der Waals surface area contributed by atoms with Crippen molar-refractivity contribution in [3.63, 3.8) is 0 Å². The third-order valence-electron chi connectivity index (χ3n) is 3.89. The van der Waals surface area contributed by atoms with Gasteiger partial charge < -0.3 is 4.90 Å². The number of hydrogen-bond acceptors (Lipinski definition) is 3. The number of hydrogen-bond donors (Lipinski definition) is 0. The Balaban J connectivity index is 2.04. The normalized spacial score (nSPS) is 10.3. The summed E-state index contributed by atoms with van der Waals surface area (Å²) in [6, 6.07) is 22.2. The molecule has 3 aromatic carbocycles. The SMILES string of the molecule is O=C(c1ccccc1Cl)N(Cc1ccccc1)c1cccc([N+](=O)[O-])c1. The Morgan fingerprint density at radius 1 is 0.962 bits per heavy atom. The van der Waals surface area contributed by atoms with Crippen molar-refractivity contribution < 1.29 is 9.72 Å². The molecule has 0 bridgehead atoms. The predicted molar refractivity (Wildman–Crippen MR) is 102 cm³/mol. The molecular formula is C20H15ClN2O3. The highest BCUT2D eigenvalue weighted by Crippen LogP contribution is 2.26. The molecule has 5 nitrogen and oxygen atoms in total. The quantitative estimate of drug-likeness (QED) is 0.466. The van der Waals surface area contributed by atoms with E-state index in [1.165, 1.54) is 17.0 Å². The summed E-state index contributed by atoms with van der Waals surface area (Å²) in [6.45, 7) is 0.270. The van der Waals surface area contributed by atoms with Crippen molar-refractivity contribution >= 4 is 28.9 Å². The van der Waals surface area contributed by atoms with Gasteiger partial charge in [0, 0.05) is 12.1 Å². The van der Waals surface area contributed by atoms with Gasteiger partial charge in [-0.2, -0.15) is 0 Å². The Labute approximate surface area is 155 Å². The summed E-state index contributed by atoms with van der Waals surface area (Å²) in [4.78, 5) is 25.2. The summed E-state index contributed by atoms with van der Waals surface area (Å²) in [5.41, 5.74) is 1.61. The minimum Gasteiger partial charge on any atom is -0.304 e. The summed E-state index contributed by atoms with van der Waals surface area (Å²) < 4.78 is 0. The average molecular weight is 367 g/mol. The van der Waals surface area contributed by atoms with Crippen LogP contribution in [-0.4, -0.2) is 10.8 Å². The number of carbonyl (C=O) groups is 1. The number of benzene rings is 3. The van der Waals surface area contributed by atoms with Crippen molar-refractivity contribution in [3.8, 4) is 0 Å². The van der Waals surface area contributed by atoms with Crippen molar-refractivity contribution in [1.29, 1.82) is 0 Å². The van der Waals surface area contributed by atoms with E-state index in [4.69, 9.17) is 11.6 Å². The zero-order valence-corrected chi connectivity index (χ0v) is 14.5. The number of halogens is 1. The monoisotopic (exact) mass is 366 g/mol. The molecule has 1 amide bonds. The van der Waals surface area contributed by atoms with E-state index >= 15 is 0 Å². The molecule has 0 saturated carbocycles. The maximum absolute atomic E-state index is 13.1. The van der Waals surface area contributed by atoms with Crippen LogP contribution in [0, 0.1) is 10.1 Å². The van der Waals surface area contributed by atoms with E-state index in [0.29, 0.717) is 16.3 Å². The molecule has 0 aromatic heterocycles. The van der Waals surface area contributed by atoms with Crippen LogP contribution in [0.2, 0.25) is 5.02 Å². The smallest absolute Gasteiger partial charge is 0.271 e. The van der Waals surface area contributed by atoms with Gasteiger partial charge in [-0.3, -0.25) is 14.9 Å². The number of non-ortho nitro benzene ring substituents is 1. The van der Waals surface area contributed by atoms with Gasteiger partial charge in [-0.25, -0.2) is 0 Å². The molecule has 0 heterocycles. The molecule has 26 heavy (non-hydrogen) atoms. The van der Waals surface area contributed by atoms with Gasteiger partial charge in [0.15, 0.2) is 0 Å². The van der Waals surface area contributed by atoms with Gasteiger partial charge in [0.1, 0.15) is 0 Å². The molecule has 3 rings (SSSR count). The second kappa shape index (κ2) is 7.80. The zero-order chi connectivity index (χ0) is 18.5. The Morgan fingerprint density at radius 2 is 1.65 bits per heavy atom. The lowest BCUT2D eigenvalue weighted by Gasteiger charge is -2.23. The van der Waals surface area contributed by atoms with Gasteiger partial charge in [-0.05, 0) is 23.8 Å². The molecule has 0 spiro atoms. The third kappa shape index (κ3) is 3.90. The van der Waals surface area contributed by atoms with Gasteiger partial charge in [0.25, 0.3) is 11.6 Å². The Morgan fingerprint density at radius 3 is 2.35 bits per heavy atom. The van der Waals surface area contributed by atoms with Gasteiger partial charge in [-0.15, -0.1) is 0 Å². The fraction of sp³-hybridized carbons (Fsp3) is 0.0500. The van der Waals surface area contributed by atoms with Crippen LogP contribution in [0.4, 0.5) is 11.4 Å². The first-order valence-electron chi connectivity index (χ1n) is 7.91. The topological polar surface area (TPSA) is 63.5 Å². The molecule has 130 valence electrons. The van der Waals surface area contributed by atoms with E-state index in [1.54, 1.807) is 36.4 Å². The summed E-state index contributed by atoms with van der Waals surface area (Å²) in [6.07, 6.45) is 0. The first-order valence-corrected chi connectivity index (χ1v) is 8.29. The van der Waals surface area contributed by atoms with Crippen molar-refractivity contribution in [2.75, 3.05) is 4.90 Å². The van der Waals surface area contributed by atoms with E-state index in [1.807, 2.05) is 30.3 Å². The maximum Gasteiger partial charge on any atom is 0.271 e. The van der Waals surface area contributed by atoms with Gasteiger partial charge in [-0.1, -0.05) is 60.1 Å². The Kier molecular flexibility index (Phi) is 5.29. The van der Waals surface area contributed by atoms with E-state index in [-0.39, 0.29) is 18.1 Å². The number of carbonyl (C=O) groups excluding carboxylic acids is 1. The summed E-state index contributed by atoms with van der Waals surface area (Å²) >= 11 is 6.18. The summed E-state index contributed by atoms with van der Waals surface area (Å²) in [5.74, 6) is -0.319. The molecule has 0 radical (unpaired) electrons. The van der Waals surface area contributed by atoms with Crippen LogP contribution in [0.5, 0.6) is 0 Å². The lowest BCUT2D eigenvalue weighted by Crippen LogP contribution is -2.30.